The molecule has 8 heteroatoms. The van der Waals surface area contributed by atoms with E-state index >= 15 is 0 Å². The Labute approximate surface area is 230 Å². The van der Waals surface area contributed by atoms with Crippen LogP contribution in [0.3, 0.4) is 0 Å². The van der Waals surface area contributed by atoms with Crippen molar-refractivity contribution >= 4 is 44.1 Å². The van der Waals surface area contributed by atoms with Gasteiger partial charge in [-0.1, -0.05) is 49.4 Å². The van der Waals surface area contributed by atoms with Crippen LogP contribution in [0.15, 0.2) is 66.2 Å². The molecule has 198 valence electrons. The van der Waals surface area contributed by atoms with Gasteiger partial charge in [-0.2, -0.15) is 0 Å². The summed E-state index contributed by atoms with van der Waals surface area (Å²) < 4.78 is 12.0. The lowest BCUT2D eigenvalue weighted by atomic mass is 9.93. The smallest absolute Gasteiger partial charge is 0.301 e. The summed E-state index contributed by atoms with van der Waals surface area (Å²) in [5.41, 5.74) is 4.02. The number of carbonyl (C=O) groups is 2. The number of carbonyl (C=O) groups excluding carboxylic acids is 2. The molecule has 6 rings (SSSR count). The van der Waals surface area contributed by atoms with Crippen LogP contribution in [0.2, 0.25) is 0 Å². The number of ether oxygens (including phenoxy) is 2. The first-order chi connectivity index (χ1) is 18.7. The predicted octanol–water partition coefficient (Wildman–Crippen LogP) is 6.38. The minimum atomic E-state index is -0.836. The average molecular weight is 541 g/mol. The highest BCUT2D eigenvalue weighted by Crippen LogP contribution is 2.45. The van der Waals surface area contributed by atoms with Crippen molar-refractivity contribution in [2.24, 2.45) is 0 Å². The van der Waals surface area contributed by atoms with Crippen molar-refractivity contribution in [2.75, 3.05) is 12.0 Å². The van der Waals surface area contributed by atoms with Crippen LogP contribution >= 0.6 is 11.3 Å². The van der Waals surface area contributed by atoms with Gasteiger partial charge in [-0.3, -0.25) is 14.5 Å². The fourth-order valence-electron chi connectivity index (χ4n) is 5.26. The van der Waals surface area contributed by atoms with Crippen LogP contribution < -0.4 is 14.4 Å². The SMILES string of the molecule is COc1ccc2nc(N3C(=O)C(=O)/C(=C(/O)c4ccc5c(c4)CC(C)O5)C3c3ccc(C(C)C)cc3)sc2c1. The lowest BCUT2D eigenvalue weighted by Gasteiger charge is -2.23. The molecule has 3 aromatic carbocycles. The second-order valence-electron chi connectivity index (χ2n) is 10.3. The van der Waals surface area contributed by atoms with Gasteiger partial charge in [-0.15, -0.1) is 0 Å². The molecule has 0 radical (unpaired) electrons. The second kappa shape index (κ2) is 9.54. The summed E-state index contributed by atoms with van der Waals surface area (Å²) in [5.74, 6) is 0.0892. The van der Waals surface area contributed by atoms with E-state index < -0.39 is 17.7 Å². The number of benzene rings is 3. The fourth-order valence-corrected chi connectivity index (χ4v) is 6.28. The summed E-state index contributed by atoms with van der Waals surface area (Å²) in [4.78, 5) is 33.3. The van der Waals surface area contributed by atoms with Crippen molar-refractivity contribution in [1.29, 1.82) is 0 Å². The van der Waals surface area contributed by atoms with Gasteiger partial charge >= 0.3 is 5.91 Å². The van der Waals surface area contributed by atoms with Crippen LogP contribution in [-0.4, -0.2) is 35.0 Å². The van der Waals surface area contributed by atoms with E-state index in [4.69, 9.17) is 14.5 Å². The van der Waals surface area contributed by atoms with E-state index in [0.29, 0.717) is 34.3 Å². The van der Waals surface area contributed by atoms with E-state index in [2.05, 4.69) is 13.8 Å². The molecule has 0 bridgehead atoms. The molecule has 1 amide bonds. The molecule has 0 saturated carbocycles. The van der Waals surface area contributed by atoms with Crippen molar-refractivity contribution in [3.8, 4) is 11.5 Å². The number of amides is 1. The standard InChI is InChI=1S/C31H28N2O5S/c1-16(2)18-5-7-19(8-6-18)27-26(28(34)20-9-12-24-21(14-20)13-17(3)38-24)29(35)30(36)33(27)31-32-23-11-10-22(37-4)15-25(23)39-31/h5-12,14-17,27,34H,13H2,1-4H3/b28-26+. The molecule has 0 aliphatic carbocycles. The number of aromatic nitrogens is 1. The molecule has 7 nitrogen and oxygen atoms in total. The van der Waals surface area contributed by atoms with E-state index in [1.54, 1.807) is 25.3 Å². The molecule has 2 aliphatic rings. The first-order valence-corrected chi connectivity index (χ1v) is 13.7. The Kier molecular flexibility index (Phi) is 6.14. The molecule has 1 saturated heterocycles. The highest BCUT2D eigenvalue weighted by atomic mass is 32.1. The Balaban J connectivity index is 1.52. The van der Waals surface area contributed by atoms with Crippen molar-refractivity contribution < 1.29 is 24.2 Å². The predicted molar refractivity (Wildman–Crippen MR) is 152 cm³/mol. The molecular formula is C31H28N2O5S. The summed E-state index contributed by atoms with van der Waals surface area (Å²) in [6, 6.07) is 17.8. The number of methoxy groups -OCH3 is 1. The zero-order valence-electron chi connectivity index (χ0n) is 22.1. The number of hydrogen-bond acceptors (Lipinski definition) is 7. The van der Waals surface area contributed by atoms with Gasteiger partial charge in [0.05, 0.1) is 28.9 Å². The number of ketones is 1. The Morgan fingerprint density at radius 1 is 1.10 bits per heavy atom. The number of hydrogen-bond donors (Lipinski definition) is 1. The zero-order valence-corrected chi connectivity index (χ0v) is 22.9. The molecule has 39 heavy (non-hydrogen) atoms. The Hall–Kier alpha value is -4.17. The molecule has 4 aromatic rings. The zero-order chi connectivity index (χ0) is 27.4. The van der Waals surface area contributed by atoms with Crippen LogP contribution in [0.4, 0.5) is 5.13 Å². The van der Waals surface area contributed by atoms with E-state index in [9.17, 15) is 14.7 Å². The monoisotopic (exact) mass is 540 g/mol. The van der Waals surface area contributed by atoms with Crippen molar-refractivity contribution in [2.45, 2.75) is 45.3 Å². The van der Waals surface area contributed by atoms with Crippen LogP contribution in [0.5, 0.6) is 11.5 Å². The first-order valence-electron chi connectivity index (χ1n) is 12.9. The largest absolute Gasteiger partial charge is 0.507 e. The molecule has 2 unspecified atom stereocenters. The number of rotatable bonds is 5. The Morgan fingerprint density at radius 3 is 2.59 bits per heavy atom. The summed E-state index contributed by atoms with van der Waals surface area (Å²) in [5, 5.41) is 11.9. The number of aliphatic hydroxyl groups is 1. The van der Waals surface area contributed by atoms with Gasteiger partial charge in [-0.05, 0) is 65.9 Å². The quantitative estimate of drug-likeness (QED) is 0.180. The highest BCUT2D eigenvalue weighted by Gasteiger charge is 2.48. The molecule has 2 atom stereocenters. The Morgan fingerprint density at radius 2 is 1.87 bits per heavy atom. The van der Waals surface area contributed by atoms with Gasteiger partial charge in [0.1, 0.15) is 23.4 Å². The maximum Gasteiger partial charge on any atom is 0.301 e. The van der Waals surface area contributed by atoms with Gasteiger partial charge in [0.15, 0.2) is 5.13 Å². The van der Waals surface area contributed by atoms with Crippen molar-refractivity contribution in [3.63, 3.8) is 0 Å². The third kappa shape index (κ3) is 4.25. The summed E-state index contributed by atoms with van der Waals surface area (Å²) in [6.07, 6.45) is 0.750. The Bertz CT molecular complexity index is 1650. The van der Waals surface area contributed by atoms with E-state index in [1.165, 1.54) is 16.2 Å². The number of thiazole rings is 1. The molecule has 1 aromatic heterocycles. The van der Waals surface area contributed by atoms with Crippen molar-refractivity contribution in [1.82, 2.24) is 4.98 Å². The molecule has 1 fully saturated rings. The topological polar surface area (TPSA) is 89.0 Å². The summed E-state index contributed by atoms with van der Waals surface area (Å²) in [6.45, 7) is 6.20. The van der Waals surface area contributed by atoms with Crippen LogP contribution in [-0.2, 0) is 16.0 Å². The van der Waals surface area contributed by atoms with Gasteiger partial charge in [-0.25, -0.2) is 4.98 Å². The summed E-state index contributed by atoms with van der Waals surface area (Å²) in [7, 11) is 1.59. The van der Waals surface area contributed by atoms with Gasteiger partial charge in [0.25, 0.3) is 5.78 Å². The number of Topliss-reactive ketones (excluding diaryl/α,β-unsaturated/α-hetero) is 1. The summed E-state index contributed by atoms with van der Waals surface area (Å²) >= 11 is 1.30. The van der Waals surface area contributed by atoms with Gasteiger partial charge in [0.2, 0.25) is 0 Å². The van der Waals surface area contributed by atoms with Gasteiger partial charge in [0, 0.05) is 12.0 Å². The first kappa shape index (κ1) is 25.1. The van der Waals surface area contributed by atoms with E-state index in [0.717, 1.165) is 27.1 Å². The molecule has 0 spiro atoms. The molecule has 1 N–H and O–H groups in total. The minimum Gasteiger partial charge on any atom is -0.507 e. The maximum atomic E-state index is 13.6. The maximum absolute atomic E-state index is 13.6. The molecule has 2 aliphatic heterocycles. The number of aliphatic hydroxyl groups excluding tert-OH is 1. The van der Waals surface area contributed by atoms with E-state index in [-0.39, 0.29) is 17.4 Å². The minimum absolute atomic E-state index is 0.0418. The van der Waals surface area contributed by atoms with Gasteiger partial charge < -0.3 is 14.6 Å². The van der Waals surface area contributed by atoms with Crippen LogP contribution in [0.25, 0.3) is 16.0 Å². The third-order valence-electron chi connectivity index (χ3n) is 7.32. The highest BCUT2D eigenvalue weighted by molar-refractivity contribution is 7.22. The van der Waals surface area contributed by atoms with Crippen molar-refractivity contribution in [3.05, 3.63) is 88.5 Å². The van der Waals surface area contributed by atoms with Crippen LogP contribution in [0, 0.1) is 0 Å². The number of fused-ring (bicyclic) bond motifs is 2. The average Bonchev–Trinajstić information content (AvgIpc) is 3.59. The third-order valence-corrected chi connectivity index (χ3v) is 8.34. The lowest BCUT2D eigenvalue weighted by Crippen LogP contribution is -2.29. The molecule has 3 heterocycles. The number of anilines is 1. The van der Waals surface area contributed by atoms with Crippen LogP contribution in [0.1, 0.15) is 55.0 Å². The van der Waals surface area contributed by atoms with E-state index in [1.807, 2.05) is 49.4 Å². The fraction of sp³-hybridized carbons (Fsp3) is 0.258. The normalized spacial score (nSPS) is 20.1. The second-order valence-corrected chi connectivity index (χ2v) is 11.3. The lowest BCUT2D eigenvalue weighted by molar-refractivity contribution is -0.132. The number of nitrogens with zero attached hydrogens (tertiary/aromatic N) is 2. The molecular weight excluding hydrogens is 512 g/mol.